The average Bonchev–Trinajstić information content (AvgIpc) is 2.39. The van der Waals surface area contributed by atoms with E-state index >= 15 is 0 Å². The highest BCUT2D eigenvalue weighted by Crippen LogP contribution is 2.14. The molecule has 1 saturated heterocycles. The fourth-order valence-corrected chi connectivity index (χ4v) is 2.48. The monoisotopic (exact) mass is 246 g/mol. The lowest BCUT2D eigenvalue weighted by atomic mass is 10.0. The number of rotatable bonds is 3. The minimum atomic E-state index is 0.119. The molecule has 18 heavy (non-hydrogen) atoms. The number of carbonyl (C=O) groups excluding carboxylic acids is 1. The fraction of sp³-hybridized carbons (Fsp3) is 0.533. The van der Waals surface area contributed by atoms with Gasteiger partial charge in [-0.25, -0.2) is 0 Å². The van der Waals surface area contributed by atoms with Gasteiger partial charge in [-0.1, -0.05) is 25.5 Å². The number of likely N-dealkylation sites (tertiary alicyclic amines) is 1. The van der Waals surface area contributed by atoms with Crippen LogP contribution in [0.3, 0.4) is 0 Å². The van der Waals surface area contributed by atoms with Crippen LogP contribution in [-0.4, -0.2) is 29.9 Å². The van der Waals surface area contributed by atoms with E-state index in [2.05, 4.69) is 19.1 Å². The molecular formula is C15H22N2O. The van der Waals surface area contributed by atoms with Gasteiger partial charge in [0.15, 0.2) is 0 Å². The lowest BCUT2D eigenvalue weighted by molar-refractivity contribution is 0.0709. The molecule has 0 bridgehead atoms. The maximum Gasteiger partial charge on any atom is 0.253 e. The van der Waals surface area contributed by atoms with Crippen LogP contribution in [0.1, 0.15) is 42.1 Å². The summed E-state index contributed by atoms with van der Waals surface area (Å²) in [6, 6.07) is 8.13. The zero-order valence-corrected chi connectivity index (χ0v) is 11.1. The number of aryl methyl sites for hydroxylation is 1. The predicted molar refractivity (Wildman–Crippen MR) is 73.5 cm³/mol. The van der Waals surface area contributed by atoms with Crippen LogP contribution in [0.5, 0.6) is 0 Å². The summed E-state index contributed by atoms with van der Waals surface area (Å²) in [5.74, 6) is 0.119. The molecule has 0 spiro atoms. The van der Waals surface area contributed by atoms with Crippen LogP contribution in [0.2, 0.25) is 0 Å². The average molecular weight is 246 g/mol. The van der Waals surface area contributed by atoms with Crippen molar-refractivity contribution in [1.29, 1.82) is 0 Å². The van der Waals surface area contributed by atoms with Gasteiger partial charge in [0.05, 0.1) is 0 Å². The Balaban J connectivity index is 2.03. The van der Waals surface area contributed by atoms with Gasteiger partial charge in [0, 0.05) is 24.7 Å². The summed E-state index contributed by atoms with van der Waals surface area (Å²) >= 11 is 0. The number of piperidine rings is 1. The number of carbonyl (C=O) groups is 1. The van der Waals surface area contributed by atoms with Gasteiger partial charge in [-0.15, -0.1) is 0 Å². The number of amides is 1. The van der Waals surface area contributed by atoms with Crippen LogP contribution >= 0.6 is 0 Å². The zero-order valence-electron chi connectivity index (χ0n) is 11.1. The number of nitrogens with zero attached hydrogens (tertiary/aromatic N) is 1. The van der Waals surface area contributed by atoms with E-state index in [1.165, 1.54) is 5.56 Å². The smallest absolute Gasteiger partial charge is 0.253 e. The van der Waals surface area contributed by atoms with E-state index in [1.807, 2.05) is 17.0 Å². The van der Waals surface area contributed by atoms with E-state index in [1.54, 1.807) is 0 Å². The molecule has 1 fully saturated rings. The van der Waals surface area contributed by atoms with Crippen molar-refractivity contribution in [2.45, 2.75) is 38.6 Å². The van der Waals surface area contributed by atoms with Crippen LogP contribution in [0, 0.1) is 0 Å². The molecule has 98 valence electrons. The standard InChI is InChI=1S/C15H22N2O/c1-2-4-12-6-8-13(9-7-12)15(18)17-10-3-5-14(16)11-17/h6-9,14H,2-5,10-11,16H2,1H3. The Morgan fingerprint density at radius 1 is 1.39 bits per heavy atom. The lowest BCUT2D eigenvalue weighted by Crippen LogP contribution is -2.45. The van der Waals surface area contributed by atoms with Crippen molar-refractivity contribution < 1.29 is 4.79 Å². The van der Waals surface area contributed by atoms with Gasteiger partial charge in [0.25, 0.3) is 5.91 Å². The van der Waals surface area contributed by atoms with Crippen molar-refractivity contribution in [3.05, 3.63) is 35.4 Å². The van der Waals surface area contributed by atoms with Crippen LogP contribution in [-0.2, 0) is 6.42 Å². The number of benzene rings is 1. The Morgan fingerprint density at radius 3 is 2.72 bits per heavy atom. The topological polar surface area (TPSA) is 46.3 Å². The molecule has 1 unspecified atom stereocenters. The van der Waals surface area contributed by atoms with E-state index < -0.39 is 0 Å². The molecule has 2 N–H and O–H groups in total. The van der Waals surface area contributed by atoms with Crippen molar-refractivity contribution in [2.75, 3.05) is 13.1 Å². The summed E-state index contributed by atoms with van der Waals surface area (Å²) in [4.78, 5) is 14.2. The Bertz CT molecular complexity index is 399. The normalized spacial score (nSPS) is 19.9. The fourth-order valence-electron chi connectivity index (χ4n) is 2.48. The third-order valence-corrected chi connectivity index (χ3v) is 3.48. The quantitative estimate of drug-likeness (QED) is 0.888. The highest BCUT2D eigenvalue weighted by molar-refractivity contribution is 5.94. The summed E-state index contributed by atoms with van der Waals surface area (Å²) in [6.45, 7) is 3.69. The summed E-state index contributed by atoms with van der Waals surface area (Å²) < 4.78 is 0. The molecule has 3 heteroatoms. The molecule has 3 nitrogen and oxygen atoms in total. The Hall–Kier alpha value is -1.35. The van der Waals surface area contributed by atoms with Crippen molar-refractivity contribution in [3.63, 3.8) is 0 Å². The summed E-state index contributed by atoms with van der Waals surface area (Å²) in [6.07, 6.45) is 4.25. The Labute approximate surface area is 109 Å². The van der Waals surface area contributed by atoms with Crippen LogP contribution in [0.25, 0.3) is 0 Å². The van der Waals surface area contributed by atoms with E-state index in [0.29, 0.717) is 6.54 Å². The van der Waals surface area contributed by atoms with Gasteiger partial charge >= 0.3 is 0 Å². The predicted octanol–water partition coefficient (Wildman–Crippen LogP) is 2.20. The third kappa shape index (κ3) is 3.10. The van der Waals surface area contributed by atoms with Gasteiger partial charge < -0.3 is 10.6 Å². The number of hydrogen-bond donors (Lipinski definition) is 1. The van der Waals surface area contributed by atoms with E-state index in [-0.39, 0.29) is 11.9 Å². The van der Waals surface area contributed by atoms with E-state index in [0.717, 1.165) is 37.8 Å². The van der Waals surface area contributed by atoms with Crippen LogP contribution < -0.4 is 5.73 Å². The second-order valence-corrected chi connectivity index (χ2v) is 5.10. The second-order valence-electron chi connectivity index (χ2n) is 5.10. The first-order valence-electron chi connectivity index (χ1n) is 6.84. The van der Waals surface area contributed by atoms with Crippen molar-refractivity contribution in [3.8, 4) is 0 Å². The minimum Gasteiger partial charge on any atom is -0.337 e. The molecule has 0 aromatic heterocycles. The highest BCUT2D eigenvalue weighted by atomic mass is 16.2. The maximum atomic E-state index is 12.3. The molecule has 1 aliphatic rings. The van der Waals surface area contributed by atoms with E-state index in [9.17, 15) is 4.79 Å². The summed E-state index contributed by atoms with van der Waals surface area (Å²) in [5.41, 5.74) is 7.99. The largest absolute Gasteiger partial charge is 0.337 e. The zero-order chi connectivity index (χ0) is 13.0. The molecule has 1 heterocycles. The molecule has 1 aromatic rings. The number of nitrogens with two attached hydrogens (primary N) is 1. The first-order valence-corrected chi connectivity index (χ1v) is 6.84. The van der Waals surface area contributed by atoms with Gasteiger partial charge in [0.1, 0.15) is 0 Å². The molecule has 1 aromatic carbocycles. The SMILES string of the molecule is CCCc1ccc(C(=O)N2CCCC(N)C2)cc1. The highest BCUT2D eigenvalue weighted by Gasteiger charge is 2.21. The molecule has 1 atom stereocenters. The Morgan fingerprint density at radius 2 is 2.11 bits per heavy atom. The Kier molecular flexibility index (Phi) is 4.37. The van der Waals surface area contributed by atoms with Gasteiger partial charge in [0.2, 0.25) is 0 Å². The lowest BCUT2D eigenvalue weighted by Gasteiger charge is -2.30. The molecule has 1 amide bonds. The molecule has 0 radical (unpaired) electrons. The minimum absolute atomic E-state index is 0.119. The van der Waals surface area contributed by atoms with E-state index in [4.69, 9.17) is 5.73 Å². The van der Waals surface area contributed by atoms with Crippen LogP contribution in [0.4, 0.5) is 0 Å². The third-order valence-electron chi connectivity index (χ3n) is 3.48. The summed E-state index contributed by atoms with van der Waals surface area (Å²) in [7, 11) is 0. The molecule has 0 saturated carbocycles. The van der Waals surface area contributed by atoms with Gasteiger partial charge in [-0.05, 0) is 37.0 Å². The van der Waals surface area contributed by atoms with Crippen LogP contribution in [0.15, 0.2) is 24.3 Å². The van der Waals surface area contributed by atoms with Crippen molar-refractivity contribution in [1.82, 2.24) is 4.90 Å². The first kappa shape index (κ1) is 13.1. The summed E-state index contributed by atoms with van der Waals surface area (Å²) in [5, 5.41) is 0. The second kappa shape index (κ2) is 6.01. The first-order chi connectivity index (χ1) is 8.70. The van der Waals surface area contributed by atoms with Gasteiger partial charge in [-0.3, -0.25) is 4.79 Å². The maximum absolute atomic E-state index is 12.3. The van der Waals surface area contributed by atoms with Crippen molar-refractivity contribution in [2.24, 2.45) is 5.73 Å². The van der Waals surface area contributed by atoms with Gasteiger partial charge in [-0.2, -0.15) is 0 Å². The molecule has 0 aliphatic carbocycles. The molecule has 2 rings (SSSR count). The number of hydrogen-bond acceptors (Lipinski definition) is 2. The molecule has 1 aliphatic heterocycles. The van der Waals surface area contributed by atoms with Crippen molar-refractivity contribution >= 4 is 5.91 Å². The molecular weight excluding hydrogens is 224 g/mol.